The average Bonchev–Trinajstić information content (AvgIpc) is 2.66. The molecular formula is C21H24ClN3O3. The van der Waals surface area contributed by atoms with Crippen LogP contribution < -0.4 is 16.2 Å². The normalized spacial score (nSPS) is 11.6. The molecule has 0 unspecified atom stereocenters. The second kappa shape index (κ2) is 9.37. The van der Waals surface area contributed by atoms with Crippen molar-refractivity contribution in [1.82, 2.24) is 9.88 Å². The van der Waals surface area contributed by atoms with Crippen LogP contribution in [0.4, 0.5) is 5.69 Å². The highest BCUT2D eigenvalue weighted by Crippen LogP contribution is 2.31. The van der Waals surface area contributed by atoms with Gasteiger partial charge in [-0.1, -0.05) is 25.1 Å². The maximum Gasteiger partial charge on any atom is 0.253 e. The molecular weight excluding hydrogens is 378 g/mol. The Labute approximate surface area is 169 Å². The van der Waals surface area contributed by atoms with E-state index in [2.05, 4.69) is 17.2 Å². The molecule has 6 nitrogen and oxygen atoms in total. The van der Waals surface area contributed by atoms with E-state index in [1.54, 1.807) is 44.4 Å². The van der Waals surface area contributed by atoms with Crippen LogP contribution in [0.3, 0.4) is 0 Å². The largest absolute Gasteiger partial charge is 0.356 e. The molecule has 28 heavy (non-hydrogen) atoms. The number of halogens is 1. The Balaban J connectivity index is 2.44. The van der Waals surface area contributed by atoms with Crippen molar-refractivity contribution in [2.45, 2.75) is 20.3 Å². The van der Waals surface area contributed by atoms with E-state index in [0.29, 0.717) is 34.8 Å². The van der Waals surface area contributed by atoms with E-state index in [-0.39, 0.29) is 23.3 Å². The summed E-state index contributed by atoms with van der Waals surface area (Å²) in [5.41, 5.74) is 2.32. The summed E-state index contributed by atoms with van der Waals surface area (Å²) in [5, 5.41) is 5.95. The van der Waals surface area contributed by atoms with Crippen LogP contribution in [0.5, 0.6) is 0 Å². The number of rotatable bonds is 7. The SMILES string of the molecule is C=CC(=O)Nc1ccc(Cl)c(-c2cc(C[C@@H](C)C(=O)NCC)c(=O)n(C)c2)c1. The van der Waals surface area contributed by atoms with Gasteiger partial charge in [-0.15, -0.1) is 0 Å². The molecule has 0 aliphatic rings. The zero-order valence-corrected chi connectivity index (χ0v) is 17.0. The molecule has 1 atom stereocenters. The number of aryl methyl sites for hydroxylation is 1. The maximum absolute atomic E-state index is 12.5. The minimum absolute atomic E-state index is 0.0953. The molecule has 0 aliphatic heterocycles. The summed E-state index contributed by atoms with van der Waals surface area (Å²) in [6.07, 6.45) is 3.18. The highest BCUT2D eigenvalue weighted by atomic mass is 35.5. The number of hydrogen-bond donors (Lipinski definition) is 2. The summed E-state index contributed by atoms with van der Waals surface area (Å²) in [6.45, 7) is 7.61. The van der Waals surface area contributed by atoms with Gasteiger partial charge in [-0.05, 0) is 43.7 Å². The van der Waals surface area contributed by atoms with E-state index in [9.17, 15) is 14.4 Å². The first-order chi connectivity index (χ1) is 13.3. The number of pyridine rings is 1. The lowest BCUT2D eigenvalue weighted by Crippen LogP contribution is -2.32. The van der Waals surface area contributed by atoms with Crippen LogP contribution in [-0.2, 0) is 23.1 Å². The van der Waals surface area contributed by atoms with Crippen LogP contribution in [-0.4, -0.2) is 22.9 Å². The second-order valence-electron chi connectivity index (χ2n) is 6.56. The predicted molar refractivity (Wildman–Crippen MR) is 113 cm³/mol. The van der Waals surface area contributed by atoms with Gasteiger partial charge in [0.15, 0.2) is 0 Å². The van der Waals surface area contributed by atoms with E-state index in [4.69, 9.17) is 11.6 Å². The molecule has 0 aliphatic carbocycles. The van der Waals surface area contributed by atoms with Crippen molar-refractivity contribution in [3.63, 3.8) is 0 Å². The standard InChI is InChI=1S/C21H24ClN3O3/c1-5-19(26)24-16-7-8-18(22)17(11-16)15-10-14(21(28)25(4)12-15)9-13(3)20(27)23-6-2/h5,7-8,10-13H,1,6,9H2,2-4H3,(H,23,27)(H,24,26)/t13-/m1/s1. The van der Waals surface area contributed by atoms with E-state index in [0.717, 1.165) is 5.56 Å². The fraction of sp³-hybridized carbons (Fsp3) is 0.286. The molecule has 2 rings (SSSR count). The summed E-state index contributed by atoms with van der Waals surface area (Å²) in [7, 11) is 1.66. The van der Waals surface area contributed by atoms with E-state index in [1.807, 2.05) is 6.92 Å². The topological polar surface area (TPSA) is 80.2 Å². The predicted octanol–water partition coefficient (Wildman–Crippen LogP) is 3.14. The lowest BCUT2D eigenvalue weighted by atomic mass is 9.98. The van der Waals surface area contributed by atoms with E-state index < -0.39 is 0 Å². The lowest BCUT2D eigenvalue weighted by molar-refractivity contribution is -0.124. The fourth-order valence-corrected chi connectivity index (χ4v) is 3.09. The number of anilines is 1. The number of hydrogen-bond acceptors (Lipinski definition) is 3. The average molecular weight is 402 g/mol. The molecule has 2 aromatic rings. The van der Waals surface area contributed by atoms with Crippen LogP contribution in [0, 0.1) is 5.92 Å². The second-order valence-corrected chi connectivity index (χ2v) is 6.97. The number of carbonyl (C=O) groups is 2. The van der Waals surface area contributed by atoms with Crippen LogP contribution >= 0.6 is 11.6 Å². The Kier molecular flexibility index (Phi) is 7.18. The molecule has 148 valence electrons. The first-order valence-electron chi connectivity index (χ1n) is 8.97. The van der Waals surface area contributed by atoms with Gasteiger partial charge in [0.05, 0.1) is 0 Å². The van der Waals surface area contributed by atoms with Gasteiger partial charge in [-0.3, -0.25) is 14.4 Å². The van der Waals surface area contributed by atoms with Gasteiger partial charge in [0.25, 0.3) is 5.56 Å². The van der Waals surface area contributed by atoms with Gasteiger partial charge in [0.1, 0.15) is 0 Å². The van der Waals surface area contributed by atoms with E-state index in [1.165, 1.54) is 10.6 Å². The Hall–Kier alpha value is -2.86. The molecule has 2 N–H and O–H groups in total. The van der Waals surface area contributed by atoms with Crippen molar-refractivity contribution in [3.05, 3.63) is 64.1 Å². The highest BCUT2D eigenvalue weighted by molar-refractivity contribution is 6.33. The molecule has 0 bridgehead atoms. The Bertz CT molecular complexity index is 966. The van der Waals surface area contributed by atoms with Crippen LogP contribution in [0.2, 0.25) is 5.02 Å². The van der Waals surface area contributed by atoms with Crippen LogP contribution in [0.1, 0.15) is 19.4 Å². The summed E-state index contributed by atoms with van der Waals surface area (Å²) in [5.74, 6) is -0.760. The van der Waals surface area contributed by atoms with Gasteiger partial charge in [0, 0.05) is 53.1 Å². The highest BCUT2D eigenvalue weighted by Gasteiger charge is 2.17. The number of amides is 2. The summed E-state index contributed by atoms with van der Waals surface area (Å²) < 4.78 is 1.47. The molecule has 0 spiro atoms. The maximum atomic E-state index is 12.5. The van der Waals surface area contributed by atoms with Gasteiger partial charge < -0.3 is 15.2 Å². The third-order valence-electron chi connectivity index (χ3n) is 4.31. The summed E-state index contributed by atoms with van der Waals surface area (Å²) in [6, 6.07) is 6.85. The van der Waals surface area contributed by atoms with Crippen molar-refractivity contribution in [2.75, 3.05) is 11.9 Å². The van der Waals surface area contributed by atoms with E-state index >= 15 is 0 Å². The number of nitrogens with one attached hydrogen (secondary N) is 2. The van der Waals surface area contributed by atoms with Crippen molar-refractivity contribution in [3.8, 4) is 11.1 Å². The number of aromatic nitrogens is 1. The minimum Gasteiger partial charge on any atom is -0.356 e. The molecule has 0 saturated carbocycles. The van der Waals surface area contributed by atoms with Crippen LogP contribution in [0.15, 0.2) is 47.9 Å². The molecule has 0 fully saturated rings. The molecule has 1 aromatic carbocycles. The third-order valence-corrected chi connectivity index (χ3v) is 4.64. The molecule has 0 radical (unpaired) electrons. The molecule has 7 heteroatoms. The quantitative estimate of drug-likeness (QED) is 0.699. The van der Waals surface area contributed by atoms with Crippen LogP contribution in [0.25, 0.3) is 11.1 Å². The smallest absolute Gasteiger partial charge is 0.253 e. The zero-order chi connectivity index (χ0) is 20.8. The van der Waals surface area contributed by atoms with Gasteiger partial charge >= 0.3 is 0 Å². The first kappa shape index (κ1) is 21.4. The molecule has 0 saturated heterocycles. The Morgan fingerprint density at radius 2 is 2.04 bits per heavy atom. The van der Waals surface area contributed by atoms with Crippen molar-refractivity contribution in [2.24, 2.45) is 13.0 Å². The monoisotopic (exact) mass is 401 g/mol. The summed E-state index contributed by atoms with van der Waals surface area (Å²) in [4.78, 5) is 36.1. The fourth-order valence-electron chi connectivity index (χ4n) is 2.86. The minimum atomic E-state index is -0.336. The van der Waals surface area contributed by atoms with Gasteiger partial charge in [-0.2, -0.15) is 0 Å². The first-order valence-corrected chi connectivity index (χ1v) is 9.35. The van der Waals surface area contributed by atoms with Crippen molar-refractivity contribution in [1.29, 1.82) is 0 Å². The zero-order valence-electron chi connectivity index (χ0n) is 16.2. The Morgan fingerprint density at radius 1 is 1.32 bits per heavy atom. The number of nitrogens with zero attached hydrogens (tertiary/aromatic N) is 1. The number of benzene rings is 1. The molecule has 1 aromatic heterocycles. The number of carbonyl (C=O) groups excluding carboxylic acids is 2. The van der Waals surface area contributed by atoms with Crippen molar-refractivity contribution < 1.29 is 9.59 Å². The van der Waals surface area contributed by atoms with Gasteiger partial charge in [-0.25, -0.2) is 0 Å². The Morgan fingerprint density at radius 3 is 2.68 bits per heavy atom. The molecule has 2 amide bonds. The lowest BCUT2D eigenvalue weighted by Gasteiger charge is -2.14. The van der Waals surface area contributed by atoms with Gasteiger partial charge in [0.2, 0.25) is 11.8 Å². The third kappa shape index (κ3) is 5.10. The molecule has 1 heterocycles. The van der Waals surface area contributed by atoms with Crippen molar-refractivity contribution >= 4 is 29.1 Å². The summed E-state index contributed by atoms with van der Waals surface area (Å²) >= 11 is 6.36.